The number of anilines is 1. The molecular formula is C16H19N3O2S2. The molecule has 122 valence electrons. The van der Waals surface area contributed by atoms with Crippen LogP contribution < -0.4 is 4.90 Å². The summed E-state index contributed by atoms with van der Waals surface area (Å²) in [6.07, 6.45) is 4.01. The Balaban J connectivity index is 1.70. The summed E-state index contributed by atoms with van der Waals surface area (Å²) >= 11 is 2.95. The van der Waals surface area contributed by atoms with Crippen molar-refractivity contribution in [1.29, 1.82) is 0 Å². The van der Waals surface area contributed by atoms with Gasteiger partial charge in [-0.15, -0.1) is 10.2 Å². The van der Waals surface area contributed by atoms with Crippen LogP contribution in [-0.4, -0.2) is 34.2 Å². The maximum absolute atomic E-state index is 12.8. The first-order chi connectivity index (χ1) is 11.2. The summed E-state index contributed by atoms with van der Waals surface area (Å²) < 4.78 is 5.55. The van der Waals surface area contributed by atoms with E-state index in [1.165, 1.54) is 17.3 Å². The average Bonchev–Trinajstić information content (AvgIpc) is 3.01. The number of thioether (sulfide) groups is 2. The molecule has 1 aliphatic rings. The highest BCUT2D eigenvalue weighted by atomic mass is 32.2. The van der Waals surface area contributed by atoms with Crippen molar-refractivity contribution in [2.75, 3.05) is 17.7 Å². The van der Waals surface area contributed by atoms with Crippen LogP contribution in [0.4, 0.5) is 5.69 Å². The molecule has 1 amide bonds. The monoisotopic (exact) mass is 349 g/mol. The number of benzene rings is 1. The highest BCUT2D eigenvalue weighted by Crippen LogP contribution is 2.30. The summed E-state index contributed by atoms with van der Waals surface area (Å²) in [7, 11) is 0. The van der Waals surface area contributed by atoms with Gasteiger partial charge < -0.3 is 9.32 Å². The van der Waals surface area contributed by atoms with Crippen molar-refractivity contribution in [1.82, 2.24) is 10.2 Å². The van der Waals surface area contributed by atoms with Gasteiger partial charge in [0.2, 0.25) is 11.8 Å². The molecule has 1 aromatic heterocycles. The fourth-order valence-corrected chi connectivity index (χ4v) is 3.78. The maximum atomic E-state index is 12.8. The molecule has 0 saturated heterocycles. The van der Waals surface area contributed by atoms with Gasteiger partial charge in [-0.1, -0.05) is 30.0 Å². The summed E-state index contributed by atoms with van der Waals surface area (Å²) in [4.78, 5) is 14.7. The van der Waals surface area contributed by atoms with Gasteiger partial charge in [-0.3, -0.25) is 4.79 Å². The van der Waals surface area contributed by atoms with Gasteiger partial charge in [-0.2, -0.15) is 11.8 Å². The van der Waals surface area contributed by atoms with E-state index in [0.29, 0.717) is 16.9 Å². The number of carbonyl (C=O) groups is 1. The molecule has 1 aliphatic heterocycles. The van der Waals surface area contributed by atoms with Gasteiger partial charge in [0.25, 0.3) is 5.22 Å². The van der Waals surface area contributed by atoms with Crippen molar-refractivity contribution in [2.24, 2.45) is 0 Å². The van der Waals surface area contributed by atoms with Gasteiger partial charge in [0.15, 0.2) is 0 Å². The minimum absolute atomic E-state index is 0.0896. The summed E-state index contributed by atoms with van der Waals surface area (Å²) in [5.41, 5.74) is 2.27. The number of aromatic nitrogens is 2. The van der Waals surface area contributed by atoms with E-state index in [-0.39, 0.29) is 11.2 Å². The van der Waals surface area contributed by atoms with Crippen LogP contribution in [0.15, 0.2) is 33.9 Å². The van der Waals surface area contributed by atoms with Crippen LogP contribution in [0.1, 0.15) is 24.8 Å². The predicted molar refractivity (Wildman–Crippen MR) is 94.0 cm³/mol. The maximum Gasteiger partial charge on any atom is 0.277 e. The molecule has 2 aromatic rings. The molecule has 0 radical (unpaired) electrons. The lowest BCUT2D eigenvalue weighted by molar-refractivity contribution is -0.117. The number of carbonyl (C=O) groups excluding carboxylic acids is 1. The molecule has 0 fully saturated rings. The van der Waals surface area contributed by atoms with Gasteiger partial charge in [-0.05, 0) is 37.7 Å². The Bertz CT molecular complexity index is 689. The first kappa shape index (κ1) is 16.4. The van der Waals surface area contributed by atoms with Gasteiger partial charge >= 0.3 is 0 Å². The molecule has 2 heterocycles. The molecule has 1 atom stereocenters. The molecule has 0 aliphatic carbocycles. The number of hydrogen-bond donors (Lipinski definition) is 0. The van der Waals surface area contributed by atoms with Crippen LogP contribution in [0.5, 0.6) is 0 Å². The number of rotatable bonds is 5. The van der Waals surface area contributed by atoms with Crippen LogP contribution in [0, 0.1) is 0 Å². The second kappa shape index (κ2) is 7.40. The average molecular weight is 349 g/mol. The van der Waals surface area contributed by atoms with Crippen LogP contribution in [0.3, 0.4) is 0 Å². The molecule has 0 bridgehead atoms. The predicted octanol–water partition coefficient (Wildman–Crippen LogP) is 3.39. The smallest absolute Gasteiger partial charge is 0.277 e. The molecule has 0 N–H and O–H groups in total. The Morgan fingerprint density at radius 3 is 3.04 bits per heavy atom. The normalized spacial score (nSPS) is 15.3. The Morgan fingerprint density at radius 2 is 2.22 bits per heavy atom. The van der Waals surface area contributed by atoms with E-state index in [9.17, 15) is 4.79 Å². The molecular weight excluding hydrogens is 330 g/mol. The highest BCUT2D eigenvalue weighted by Gasteiger charge is 2.27. The standard InChI is InChI=1S/C16H19N3O2S2/c1-11(23-16-18-17-14(21-16)10-22-2)15(20)19-9-5-7-12-6-3-4-8-13(12)19/h3-4,6,8,11H,5,7,9-10H2,1-2H3. The van der Waals surface area contributed by atoms with E-state index in [4.69, 9.17) is 4.42 Å². The second-order valence-corrected chi connectivity index (χ2v) is 7.54. The van der Waals surface area contributed by atoms with E-state index in [1.807, 2.05) is 36.3 Å². The topological polar surface area (TPSA) is 59.2 Å². The van der Waals surface area contributed by atoms with Crippen molar-refractivity contribution in [3.63, 3.8) is 0 Å². The molecule has 1 aromatic carbocycles. The number of nitrogens with zero attached hydrogens (tertiary/aromatic N) is 3. The third-order valence-corrected chi connectivity index (χ3v) is 5.18. The van der Waals surface area contributed by atoms with Gasteiger partial charge in [-0.25, -0.2) is 0 Å². The van der Waals surface area contributed by atoms with Crippen molar-refractivity contribution in [3.05, 3.63) is 35.7 Å². The van der Waals surface area contributed by atoms with Crippen molar-refractivity contribution in [3.8, 4) is 0 Å². The Morgan fingerprint density at radius 1 is 1.39 bits per heavy atom. The number of fused-ring (bicyclic) bond motifs is 1. The number of aryl methyl sites for hydroxylation is 1. The Labute approximate surface area is 144 Å². The molecule has 1 unspecified atom stereocenters. The first-order valence-electron chi connectivity index (χ1n) is 7.56. The Hall–Kier alpha value is -1.47. The largest absolute Gasteiger partial charge is 0.415 e. The van der Waals surface area contributed by atoms with Crippen LogP contribution in [0.25, 0.3) is 0 Å². The minimum atomic E-state index is -0.260. The van der Waals surface area contributed by atoms with Crippen LogP contribution >= 0.6 is 23.5 Å². The summed E-state index contributed by atoms with van der Waals surface area (Å²) in [5, 5.41) is 8.19. The molecule has 0 saturated carbocycles. The molecule has 0 spiro atoms. The van der Waals surface area contributed by atoms with E-state index in [0.717, 1.165) is 25.1 Å². The van der Waals surface area contributed by atoms with E-state index in [1.54, 1.807) is 11.8 Å². The van der Waals surface area contributed by atoms with Gasteiger partial charge in [0, 0.05) is 12.2 Å². The summed E-state index contributed by atoms with van der Waals surface area (Å²) in [6, 6.07) is 8.12. The van der Waals surface area contributed by atoms with Crippen LogP contribution in [-0.2, 0) is 17.0 Å². The number of amides is 1. The molecule has 23 heavy (non-hydrogen) atoms. The van der Waals surface area contributed by atoms with E-state index >= 15 is 0 Å². The third-order valence-electron chi connectivity index (χ3n) is 3.72. The zero-order chi connectivity index (χ0) is 16.2. The van der Waals surface area contributed by atoms with E-state index in [2.05, 4.69) is 16.3 Å². The van der Waals surface area contributed by atoms with Crippen molar-refractivity contribution in [2.45, 2.75) is 36.0 Å². The highest BCUT2D eigenvalue weighted by molar-refractivity contribution is 8.00. The fourth-order valence-electron chi connectivity index (χ4n) is 2.65. The number of para-hydroxylation sites is 1. The molecule has 5 nitrogen and oxygen atoms in total. The minimum Gasteiger partial charge on any atom is -0.415 e. The zero-order valence-corrected chi connectivity index (χ0v) is 14.8. The molecule has 3 rings (SSSR count). The van der Waals surface area contributed by atoms with Crippen molar-refractivity contribution >= 4 is 35.1 Å². The van der Waals surface area contributed by atoms with E-state index < -0.39 is 0 Å². The lowest BCUT2D eigenvalue weighted by Crippen LogP contribution is -2.40. The number of hydrogen-bond acceptors (Lipinski definition) is 6. The fraction of sp³-hybridized carbons (Fsp3) is 0.438. The first-order valence-corrected chi connectivity index (χ1v) is 9.83. The van der Waals surface area contributed by atoms with Crippen LogP contribution in [0.2, 0.25) is 0 Å². The SMILES string of the molecule is CSCc1nnc(SC(C)C(=O)N2CCCc3ccccc32)o1. The summed E-state index contributed by atoms with van der Waals surface area (Å²) in [6.45, 7) is 2.66. The Kier molecular flexibility index (Phi) is 5.27. The second-order valence-electron chi connectivity index (χ2n) is 5.38. The zero-order valence-electron chi connectivity index (χ0n) is 13.2. The van der Waals surface area contributed by atoms with Crippen molar-refractivity contribution < 1.29 is 9.21 Å². The van der Waals surface area contributed by atoms with Gasteiger partial charge in [0.05, 0.1) is 11.0 Å². The molecule has 7 heteroatoms. The quantitative estimate of drug-likeness (QED) is 0.771. The lowest BCUT2D eigenvalue weighted by Gasteiger charge is -2.31. The van der Waals surface area contributed by atoms with Gasteiger partial charge in [0.1, 0.15) is 0 Å². The third kappa shape index (κ3) is 3.72. The lowest BCUT2D eigenvalue weighted by atomic mass is 10.0. The summed E-state index contributed by atoms with van der Waals surface area (Å²) in [5.74, 6) is 1.38.